The first-order valence-electron chi connectivity index (χ1n) is 5.97. The lowest BCUT2D eigenvalue weighted by molar-refractivity contribution is -0.121. The number of alkyl halides is 3. The zero-order valence-corrected chi connectivity index (χ0v) is 12.3. The lowest BCUT2D eigenvalue weighted by Gasteiger charge is -2.22. The van der Waals surface area contributed by atoms with Crippen molar-refractivity contribution in [3.8, 4) is 0 Å². The maximum absolute atomic E-state index is 12.9. The van der Waals surface area contributed by atoms with Gasteiger partial charge in [0.1, 0.15) is 12.8 Å². The molecule has 1 rings (SSSR count). The van der Waals surface area contributed by atoms with Crippen LogP contribution in [0.25, 0.3) is 0 Å². The third-order valence-corrected chi connectivity index (χ3v) is 3.23. The Balaban J connectivity index is 2.80. The van der Waals surface area contributed by atoms with Crippen molar-refractivity contribution in [1.29, 1.82) is 0 Å². The van der Waals surface area contributed by atoms with Gasteiger partial charge in [-0.15, -0.1) is 0 Å². The highest BCUT2D eigenvalue weighted by Crippen LogP contribution is 2.21. The fourth-order valence-electron chi connectivity index (χ4n) is 1.65. The molecule has 1 aromatic rings. The summed E-state index contributed by atoms with van der Waals surface area (Å²) in [5, 5.41) is 21.6. The summed E-state index contributed by atoms with van der Waals surface area (Å²) in [6.45, 7) is 0.642. The van der Waals surface area contributed by atoms with Crippen molar-refractivity contribution in [2.24, 2.45) is 0 Å². The van der Waals surface area contributed by atoms with E-state index < -0.39 is 35.7 Å². The quantitative estimate of drug-likeness (QED) is 0.701. The fraction of sp³-hybridized carbons (Fsp3) is 0.462. The number of halogens is 3. The van der Waals surface area contributed by atoms with Crippen LogP contribution in [-0.2, 0) is 4.79 Å². The predicted molar refractivity (Wildman–Crippen MR) is 75.4 cm³/mol. The van der Waals surface area contributed by atoms with Crippen LogP contribution in [0.2, 0.25) is 0 Å². The van der Waals surface area contributed by atoms with Gasteiger partial charge in [0.25, 0.3) is 5.91 Å². The minimum absolute atomic E-state index is 0.415. The van der Waals surface area contributed by atoms with Gasteiger partial charge in [0.05, 0.1) is 12.1 Å². The van der Waals surface area contributed by atoms with Gasteiger partial charge in [0.2, 0.25) is 0 Å². The van der Waals surface area contributed by atoms with Crippen molar-refractivity contribution in [2.45, 2.75) is 30.0 Å². The molecule has 7 heteroatoms. The number of rotatable bonds is 6. The Morgan fingerprint density at radius 3 is 2.15 bits per heavy atom. The van der Waals surface area contributed by atoms with Crippen molar-refractivity contribution < 1.29 is 19.4 Å². The van der Waals surface area contributed by atoms with E-state index in [9.17, 15) is 19.4 Å². The first kappa shape index (κ1) is 17.2. The minimum Gasteiger partial charge on any atom is -0.389 e. The van der Waals surface area contributed by atoms with E-state index in [1.165, 1.54) is 0 Å². The zero-order valence-electron chi connectivity index (χ0n) is 10.8. The molecule has 0 aromatic heterocycles. The summed E-state index contributed by atoms with van der Waals surface area (Å²) in [4.78, 5) is 9.98. The standard InChI is InChI=1S/C13H16Cl2FNO3/c1-7(18)8-2-4-9(5-3-8)11(19)10(6-16)17-13(20)12(14)15/h2-5,7,10-12,18-19H,6H2,1H3,(H,17,20)/t7?,10-,11-/m1/s1. The lowest BCUT2D eigenvalue weighted by atomic mass is 10.0. The second-order valence-electron chi connectivity index (χ2n) is 4.36. The van der Waals surface area contributed by atoms with Gasteiger partial charge in [0.15, 0.2) is 4.84 Å². The van der Waals surface area contributed by atoms with E-state index >= 15 is 0 Å². The first-order valence-corrected chi connectivity index (χ1v) is 6.84. The third-order valence-electron chi connectivity index (χ3n) is 2.83. The number of nitrogens with one attached hydrogen (secondary N) is 1. The molecule has 0 fully saturated rings. The second kappa shape index (κ2) is 7.78. The molecule has 20 heavy (non-hydrogen) atoms. The molecule has 112 valence electrons. The SMILES string of the molecule is CC(O)c1ccc([C@@H](O)[C@@H](CF)NC(=O)C(Cl)Cl)cc1. The normalized spacial score (nSPS) is 15.8. The summed E-state index contributed by atoms with van der Waals surface area (Å²) in [6, 6.07) is 5.21. The summed E-state index contributed by atoms with van der Waals surface area (Å²) < 4.78 is 12.9. The molecule has 0 radical (unpaired) electrons. The van der Waals surface area contributed by atoms with Crippen LogP contribution in [-0.4, -0.2) is 33.7 Å². The van der Waals surface area contributed by atoms with Crippen LogP contribution in [0.4, 0.5) is 4.39 Å². The molecule has 1 unspecified atom stereocenters. The van der Waals surface area contributed by atoms with Crippen LogP contribution >= 0.6 is 23.2 Å². The van der Waals surface area contributed by atoms with Gasteiger partial charge < -0.3 is 15.5 Å². The molecule has 0 spiro atoms. The van der Waals surface area contributed by atoms with Crippen molar-refractivity contribution in [2.75, 3.05) is 6.67 Å². The molecule has 0 heterocycles. The average Bonchev–Trinajstić information content (AvgIpc) is 2.43. The number of aliphatic hydroxyl groups excluding tert-OH is 2. The van der Waals surface area contributed by atoms with Gasteiger partial charge in [-0.25, -0.2) is 4.39 Å². The van der Waals surface area contributed by atoms with E-state index in [-0.39, 0.29) is 0 Å². The van der Waals surface area contributed by atoms with Crippen LogP contribution in [0, 0.1) is 0 Å². The second-order valence-corrected chi connectivity index (χ2v) is 5.45. The summed E-state index contributed by atoms with van der Waals surface area (Å²) >= 11 is 10.7. The molecule has 0 saturated heterocycles. The molecule has 0 aliphatic carbocycles. The number of carbonyl (C=O) groups is 1. The molecule has 1 amide bonds. The van der Waals surface area contributed by atoms with Crippen LogP contribution < -0.4 is 5.32 Å². The smallest absolute Gasteiger partial charge is 0.253 e. The third kappa shape index (κ3) is 4.59. The number of amides is 1. The van der Waals surface area contributed by atoms with E-state index in [0.717, 1.165) is 0 Å². The molecule has 0 bridgehead atoms. The van der Waals surface area contributed by atoms with E-state index in [1.807, 2.05) is 0 Å². The number of benzene rings is 1. The van der Waals surface area contributed by atoms with Gasteiger partial charge in [-0.05, 0) is 18.1 Å². The molecule has 0 aliphatic heterocycles. The van der Waals surface area contributed by atoms with Crippen LogP contribution in [0.3, 0.4) is 0 Å². The fourth-order valence-corrected chi connectivity index (χ4v) is 1.78. The molecular weight excluding hydrogens is 308 g/mol. The number of hydrogen-bond acceptors (Lipinski definition) is 3. The van der Waals surface area contributed by atoms with Gasteiger partial charge in [-0.1, -0.05) is 47.5 Å². The molecule has 0 aliphatic rings. The Kier molecular flexibility index (Phi) is 6.68. The average molecular weight is 324 g/mol. The van der Waals surface area contributed by atoms with E-state index in [1.54, 1.807) is 31.2 Å². The maximum Gasteiger partial charge on any atom is 0.253 e. The minimum atomic E-state index is -1.33. The van der Waals surface area contributed by atoms with Gasteiger partial charge in [-0.3, -0.25) is 4.79 Å². The Bertz CT molecular complexity index is 440. The summed E-state index contributed by atoms with van der Waals surface area (Å²) in [5.74, 6) is -0.768. The summed E-state index contributed by atoms with van der Waals surface area (Å²) in [5.41, 5.74) is 1.08. The highest BCUT2D eigenvalue weighted by molar-refractivity contribution is 6.53. The first-order chi connectivity index (χ1) is 9.36. The van der Waals surface area contributed by atoms with Crippen molar-refractivity contribution in [3.63, 3.8) is 0 Å². The molecule has 1 aromatic carbocycles. The number of hydrogen-bond donors (Lipinski definition) is 3. The van der Waals surface area contributed by atoms with Crippen molar-refractivity contribution in [3.05, 3.63) is 35.4 Å². The van der Waals surface area contributed by atoms with E-state index in [0.29, 0.717) is 11.1 Å². The van der Waals surface area contributed by atoms with Crippen LogP contribution in [0.1, 0.15) is 30.3 Å². The Labute approximate surface area is 126 Å². The molecule has 3 N–H and O–H groups in total. The largest absolute Gasteiger partial charge is 0.389 e. The topological polar surface area (TPSA) is 69.6 Å². The number of aliphatic hydroxyl groups is 2. The summed E-state index contributed by atoms with van der Waals surface area (Å²) in [6.07, 6.45) is -1.87. The Morgan fingerprint density at radius 1 is 1.25 bits per heavy atom. The van der Waals surface area contributed by atoms with Crippen molar-refractivity contribution in [1.82, 2.24) is 5.32 Å². The lowest BCUT2D eigenvalue weighted by Crippen LogP contribution is -2.43. The molecule has 4 nitrogen and oxygen atoms in total. The van der Waals surface area contributed by atoms with Crippen LogP contribution in [0.5, 0.6) is 0 Å². The Hall–Kier alpha value is -0.880. The molecule has 0 saturated carbocycles. The van der Waals surface area contributed by atoms with Gasteiger partial charge in [-0.2, -0.15) is 0 Å². The van der Waals surface area contributed by atoms with Crippen molar-refractivity contribution >= 4 is 29.1 Å². The van der Waals surface area contributed by atoms with E-state index in [2.05, 4.69) is 5.32 Å². The molecule has 3 atom stereocenters. The highest BCUT2D eigenvalue weighted by atomic mass is 35.5. The van der Waals surface area contributed by atoms with E-state index in [4.69, 9.17) is 23.2 Å². The Morgan fingerprint density at radius 2 is 1.75 bits per heavy atom. The van der Waals surface area contributed by atoms with Gasteiger partial charge >= 0.3 is 0 Å². The number of carbonyl (C=O) groups excluding carboxylic acids is 1. The van der Waals surface area contributed by atoms with Crippen LogP contribution in [0.15, 0.2) is 24.3 Å². The van der Waals surface area contributed by atoms with Gasteiger partial charge in [0, 0.05) is 0 Å². The highest BCUT2D eigenvalue weighted by Gasteiger charge is 2.25. The maximum atomic E-state index is 12.9. The zero-order chi connectivity index (χ0) is 15.3. The summed E-state index contributed by atoms with van der Waals surface area (Å²) in [7, 11) is 0. The molecular formula is C13H16Cl2FNO3. The predicted octanol–water partition coefficient (Wildman–Crippen LogP) is 2.03. The monoisotopic (exact) mass is 323 g/mol.